The van der Waals surface area contributed by atoms with Crippen LogP contribution in [0.4, 0.5) is 0 Å². The Balaban J connectivity index is 0. The van der Waals surface area contributed by atoms with E-state index in [1.165, 1.54) is 23.0 Å². The average Bonchev–Trinajstić information content (AvgIpc) is 1.85. The Morgan fingerprint density at radius 2 is 2.15 bits per heavy atom. The molecule has 0 saturated heterocycles. The van der Waals surface area contributed by atoms with Gasteiger partial charge in [0.05, 0.1) is 0 Å². The van der Waals surface area contributed by atoms with Crippen molar-refractivity contribution in [2.24, 2.45) is 0 Å². The molecular formula is C7H11NO5. The zero-order valence-electron chi connectivity index (χ0n) is 6.73. The Bertz CT molecular complexity index is 275. The summed E-state index contributed by atoms with van der Waals surface area (Å²) < 4.78 is 1.32. The van der Waals surface area contributed by atoms with E-state index in [1.807, 2.05) is 0 Å². The minimum absolute atomic E-state index is 0. The predicted molar refractivity (Wildman–Crippen MR) is 40.5 cm³/mol. The number of aromatic hydroxyl groups is 1. The molecular weight excluding hydrogens is 178 g/mol. The molecule has 5 N–H and O–H groups in total. The van der Waals surface area contributed by atoms with E-state index < -0.39 is 5.97 Å². The minimum atomic E-state index is -1.18. The van der Waals surface area contributed by atoms with Crippen molar-refractivity contribution in [3.05, 3.63) is 24.5 Å². The van der Waals surface area contributed by atoms with Gasteiger partial charge in [-0.15, -0.1) is 0 Å². The molecule has 0 unspecified atom stereocenters. The van der Waals surface area contributed by atoms with Crippen LogP contribution in [0.15, 0.2) is 24.5 Å². The summed E-state index contributed by atoms with van der Waals surface area (Å²) in [6, 6.07) is 3.02. The first-order valence-electron chi connectivity index (χ1n) is 3.06. The summed E-state index contributed by atoms with van der Waals surface area (Å²) >= 11 is 0. The molecule has 0 radical (unpaired) electrons. The summed E-state index contributed by atoms with van der Waals surface area (Å²) in [5.41, 5.74) is 0. The van der Waals surface area contributed by atoms with Crippen LogP contribution in [-0.4, -0.2) is 22.0 Å². The van der Waals surface area contributed by atoms with Gasteiger partial charge in [0, 0.05) is 6.07 Å². The third-order valence-corrected chi connectivity index (χ3v) is 1.15. The zero-order chi connectivity index (χ0) is 8.27. The molecule has 74 valence electrons. The average molecular weight is 189 g/mol. The number of rotatable bonds is 2. The van der Waals surface area contributed by atoms with Gasteiger partial charge in [-0.05, 0) is 6.07 Å². The summed E-state index contributed by atoms with van der Waals surface area (Å²) in [7, 11) is 0. The minimum Gasteiger partial charge on any atom is -0.544 e. The van der Waals surface area contributed by atoms with Gasteiger partial charge in [0.25, 0.3) is 0 Å². The Morgan fingerprint density at radius 1 is 1.54 bits per heavy atom. The Morgan fingerprint density at radius 3 is 2.62 bits per heavy atom. The summed E-state index contributed by atoms with van der Waals surface area (Å²) in [6.07, 6.45) is 2.85. The molecule has 0 aliphatic heterocycles. The SMILES string of the molecule is O.O.O=C([O-])C[n+]1cccc(O)c1. The van der Waals surface area contributed by atoms with Crippen molar-refractivity contribution in [3.63, 3.8) is 0 Å². The first kappa shape index (κ1) is 13.9. The highest BCUT2D eigenvalue weighted by atomic mass is 16.4. The summed E-state index contributed by atoms with van der Waals surface area (Å²) in [5, 5.41) is 19.0. The van der Waals surface area contributed by atoms with Gasteiger partial charge in [0.1, 0.15) is 5.97 Å². The van der Waals surface area contributed by atoms with Gasteiger partial charge in [0.2, 0.25) is 6.20 Å². The highest BCUT2D eigenvalue weighted by Crippen LogP contribution is 1.99. The predicted octanol–water partition coefficient (Wildman–Crippen LogP) is -3.22. The van der Waals surface area contributed by atoms with Crippen molar-refractivity contribution in [2.75, 3.05) is 0 Å². The fraction of sp³-hybridized carbons (Fsp3) is 0.143. The van der Waals surface area contributed by atoms with Crippen molar-refractivity contribution < 1.29 is 30.5 Å². The lowest BCUT2D eigenvalue weighted by molar-refractivity contribution is -0.691. The second-order valence-electron chi connectivity index (χ2n) is 2.11. The van der Waals surface area contributed by atoms with Gasteiger partial charge in [-0.2, -0.15) is 4.57 Å². The van der Waals surface area contributed by atoms with Crippen LogP contribution in [0, 0.1) is 0 Å². The van der Waals surface area contributed by atoms with Crippen LogP contribution in [0.1, 0.15) is 0 Å². The normalized spacial score (nSPS) is 8.00. The maximum atomic E-state index is 10.1. The molecule has 13 heavy (non-hydrogen) atoms. The van der Waals surface area contributed by atoms with Crippen molar-refractivity contribution >= 4 is 5.97 Å². The van der Waals surface area contributed by atoms with Gasteiger partial charge in [-0.3, -0.25) is 0 Å². The molecule has 1 heterocycles. The van der Waals surface area contributed by atoms with Gasteiger partial charge in [-0.1, -0.05) is 0 Å². The number of carbonyl (C=O) groups is 1. The first-order chi connectivity index (χ1) is 5.18. The van der Waals surface area contributed by atoms with E-state index in [0.29, 0.717) is 0 Å². The number of carbonyl (C=O) groups excluding carboxylic acids is 1. The number of aliphatic carboxylic acids is 1. The highest BCUT2D eigenvalue weighted by Gasteiger charge is 1.99. The van der Waals surface area contributed by atoms with E-state index in [2.05, 4.69) is 0 Å². The van der Waals surface area contributed by atoms with E-state index in [1.54, 1.807) is 6.07 Å². The number of hydrogen-bond acceptors (Lipinski definition) is 3. The third-order valence-electron chi connectivity index (χ3n) is 1.15. The standard InChI is InChI=1S/C7H7NO3.2H2O/c9-6-2-1-3-8(4-6)5-7(10)11;;/h1-4H,5H2,(H-,9,10,11);2*1H2. The molecule has 0 aromatic carbocycles. The van der Waals surface area contributed by atoms with Crippen LogP contribution in [0.2, 0.25) is 0 Å². The van der Waals surface area contributed by atoms with Gasteiger partial charge < -0.3 is 26.0 Å². The van der Waals surface area contributed by atoms with E-state index >= 15 is 0 Å². The fourth-order valence-corrected chi connectivity index (χ4v) is 0.756. The molecule has 1 aromatic rings. The molecule has 0 spiro atoms. The van der Waals surface area contributed by atoms with E-state index in [4.69, 9.17) is 5.11 Å². The number of nitrogens with zero attached hydrogens (tertiary/aromatic N) is 1. The Labute approximate surface area is 74.3 Å². The molecule has 1 rings (SSSR count). The number of hydrogen-bond donors (Lipinski definition) is 1. The number of aromatic nitrogens is 1. The maximum Gasteiger partial charge on any atom is 0.211 e. The molecule has 0 bridgehead atoms. The molecule has 0 amide bonds. The van der Waals surface area contributed by atoms with Crippen molar-refractivity contribution in [1.29, 1.82) is 0 Å². The highest BCUT2D eigenvalue weighted by molar-refractivity contribution is 5.62. The zero-order valence-corrected chi connectivity index (χ0v) is 6.73. The van der Waals surface area contributed by atoms with Crippen LogP contribution in [0.5, 0.6) is 5.75 Å². The summed E-state index contributed by atoms with van der Waals surface area (Å²) in [6.45, 7) is -0.242. The van der Waals surface area contributed by atoms with Gasteiger partial charge in [0.15, 0.2) is 18.5 Å². The fourth-order valence-electron chi connectivity index (χ4n) is 0.756. The van der Waals surface area contributed by atoms with Gasteiger partial charge >= 0.3 is 0 Å². The third kappa shape index (κ3) is 4.72. The molecule has 0 atom stereocenters. The monoisotopic (exact) mass is 189 g/mol. The van der Waals surface area contributed by atoms with Crippen LogP contribution in [-0.2, 0) is 11.3 Å². The van der Waals surface area contributed by atoms with Gasteiger partial charge in [-0.25, -0.2) is 0 Å². The maximum absolute atomic E-state index is 10.1. The Hall–Kier alpha value is -1.66. The molecule has 0 saturated carbocycles. The molecule has 0 fully saturated rings. The summed E-state index contributed by atoms with van der Waals surface area (Å²) in [4.78, 5) is 10.1. The molecule has 1 aromatic heterocycles. The Kier molecular flexibility index (Phi) is 6.33. The van der Waals surface area contributed by atoms with E-state index in [0.717, 1.165) is 0 Å². The molecule has 6 nitrogen and oxygen atoms in total. The lowest BCUT2D eigenvalue weighted by Crippen LogP contribution is -2.43. The van der Waals surface area contributed by atoms with Crippen LogP contribution in [0.3, 0.4) is 0 Å². The largest absolute Gasteiger partial charge is 0.544 e. The van der Waals surface area contributed by atoms with Crippen LogP contribution < -0.4 is 9.67 Å². The van der Waals surface area contributed by atoms with Crippen molar-refractivity contribution in [1.82, 2.24) is 0 Å². The molecule has 0 aliphatic carbocycles. The quantitative estimate of drug-likeness (QED) is 0.491. The van der Waals surface area contributed by atoms with Crippen molar-refractivity contribution in [3.8, 4) is 5.75 Å². The van der Waals surface area contributed by atoms with Crippen molar-refractivity contribution in [2.45, 2.75) is 6.54 Å². The second kappa shape index (κ2) is 5.92. The number of carboxylic acid groups (broad SMARTS) is 1. The van der Waals surface area contributed by atoms with E-state index in [-0.39, 0.29) is 23.2 Å². The van der Waals surface area contributed by atoms with E-state index in [9.17, 15) is 9.90 Å². The molecule has 6 heteroatoms. The second-order valence-corrected chi connectivity index (χ2v) is 2.11. The van der Waals surface area contributed by atoms with Crippen LogP contribution in [0.25, 0.3) is 0 Å². The number of pyridine rings is 1. The first-order valence-corrected chi connectivity index (χ1v) is 3.06. The topological polar surface area (TPSA) is 127 Å². The lowest BCUT2D eigenvalue weighted by atomic mass is 10.4. The van der Waals surface area contributed by atoms with Crippen LogP contribution >= 0.6 is 0 Å². The smallest absolute Gasteiger partial charge is 0.211 e. The summed E-state index contributed by atoms with van der Waals surface area (Å²) in [5.74, 6) is -1.14. The molecule has 0 aliphatic rings. The lowest BCUT2D eigenvalue weighted by Gasteiger charge is -1.96. The number of carboxylic acids is 1.